The van der Waals surface area contributed by atoms with Gasteiger partial charge in [0.15, 0.2) is 0 Å². The van der Waals surface area contributed by atoms with E-state index in [0.717, 1.165) is 19.6 Å². The summed E-state index contributed by atoms with van der Waals surface area (Å²) in [6.07, 6.45) is 0. The molecule has 2 rings (SSSR count). The van der Waals surface area contributed by atoms with Crippen molar-refractivity contribution in [2.75, 3.05) is 13.1 Å². The normalized spacial score (nSPS) is 27.5. The monoisotopic (exact) mass is 239 g/mol. The molecule has 1 saturated heterocycles. The zero-order valence-corrected chi connectivity index (χ0v) is 11.1. The molecule has 0 spiro atoms. The van der Waals surface area contributed by atoms with Crippen LogP contribution in [-0.2, 0) is 6.54 Å². The van der Waals surface area contributed by atoms with E-state index in [2.05, 4.69) is 41.4 Å². The molecule has 1 aliphatic heterocycles. The quantitative estimate of drug-likeness (QED) is 0.874. The molecule has 1 aromatic heterocycles. The van der Waals surface area contributed by atoms with E-state index in [0.29, 0.717) is 18.0 Å². The lowest BCUT2D eigenvalue weighted by Gasteiger charge is -2.40. The van der Waals surface area contributed by atoms with Gasteiger partial charge in [-0.05, 0) is 12.8 Å². The Kier molecular flexibility index (Phi) is 3.95. The third-order valence-corrected chi connectivity index (χ3v) is 4.02. The minimum atomic E-state index is 0.608. The highest BCUT2D eigenvalue weighted by atomic mass is 32.1. The third-order valence-electron chi connectivity index (χ3n) is 3.38. The maximum absolute atomic E-state index is 4.37. The lowest BCUT2D eigenvalue weighted by Crippen LogP contribution is -2.56. The van der Waals surface area contributed by atoms with Gasteiger partial charge in [0.2, 0.25) is 0 Å². The summed E-state index contributed by atoms with van der Waals surface area (Å²) in [5.41, 5.74) is 3.13. The van der Waals surface area contributed by atoms with E-state index < -0.39 is 0 Å². The van der Waals surface area contributed by atoms with Crippen LogP contribution in [0.15, 0.2) is 10.9 Å². The highest BCUT2D eigenvalue weighted by molar-refractivity contribution is 7.07. The Morgan fingerprint density at radius 3 is 3.06 bits per heavy atom. The Hall–Kier alpha value is -0.450. The molecule has 0 aromatic carbocycles. The molecule has 0 radical (unpaired) electrons. The van der Waals surface area contributed by atoms with Gasteiger partial charge >= 0.3 is 0 Å². The topological polar surface area (TPSA) is 28.2 Å². The van der Waals surface area contributed by atoms with Crippen molar-refractivity contribution >= 4 is 11.3 Å². The smallest absolute Gasteiger partial charge is 0.0795 e. The van der Waals surface area contributed by atoms with Crippen LogP contribution >= 0.6 is 11.3 Å². The van der Waals surface area contributed by atoms with Crippen LogP contribution in [0, 0.1) is 5.92 Å². The molecule has 4 heteroatoms. The van der Waals surface area contributed by atoms with Gasteiger partial charge in [-0.25, -0.2) is 4.98 Å². The van der Waals surface area contributed by atoms with Crippen LogP contribution in [0.2, 0.25) is 0 Å². The lowest BCUT2D eigenvalue weighted by atomic mass is 10.00. The minimum absolute atomic E-state index is 0.608. The molecule has 16 heavy (non-hydrogen) atoms. The summed E-state index contributed by atoms with van der Waals surface area (Å²) in [6.45, 7) is 10.1. The summed E-state index contributed by atoms with van der Waals surface area (Å²) in [7, 11) is 0. The van der Waals surface area contributed by atoms with Crippen LogP contribution in [0.4, 0.5) is 0 Å². The Bertz CT molecular complexity index is 310. The van der Waals surface area contributed by atoms with Crippen LogP contribution in [0.1, 0.15) is 26.5 Å². The molecule has 2 unspecified atom stereocenters. The number of piperazine rings is 1. The van der Waals surface area contributed by atoms with Crippen molar-refractivity contribution in [3.05, 3.63) is 16.6 Å². The number of rotatable bonds is 3. The van der Waals surface area contributed by atoms with E-state index in [1.165, 1.54) is 5.69 Å². The van der Waals surface area contributed by atoms with Gasteiger partial charge in [-0.2, -0.15) is 0 Å². The second-order valence-corrected chi connectivity index (χ2v) is 5.74. The first-order valence-corrected chi connectivity index (χ1v) is 6.95. The molecular formula is C12H21N3S. The molecule has 0 amide bonds. The van der Waals surface area contributed by atoms with E-state index >= 15 is 0 Å². The van der Waals surface area contributed by atoms with E-state index in [9.17, 15) is 0 Å². The lowest BCUT2D eigenvalue weighted by molar-refractivity contribution is 0.115. The van der Waals surface area contributed by atoms with Crippen LogP contribution in [0.5, 0.6) is 0 Å². The molecule has 90 valence electrons. The Morgan fingerprint density at radius 2 is 2.44 bits per heavy atom. The molecule has 3 nitrogen and oxygen atoms in total. The third kappa shape index (κ3) is 2.81. The number of hydrogen-bond acceptors (Lipinski definition) is 4. The van der Waals surface area contributed by atoms with Crippen molar-refractivity contribution in [2.24, 2.45) is 5.92 Å². The molecule has 1 fully saturated rings. The summed E-state index contributed by atoms with van der Waals surface area (Å²) in [5.74, 6) is 0.699. The summed E-state index contributed by atoms with van der Waals surface area (Å²) >= 11 is 1.68. The second kappa shape index (κ2) is 5.25. The molecule has 1 aromatic rings. The van der Waals surface area contributed by atoms with E-state index in [1.807, 2.05) is 5.51 Å². The fourth-order valence-electron chi connectivity index (χ4n) is 2.14. The molecule has 0 saturated carbocycles. The molecule has 0 bridgehead atoms. The number of aromatic nitrogens is 1. The first-order chi connectivity index (χ1) is 7.66. The van der Waals surface area contributed by atoms with Crippen molar-refractivity contribution in [1.29, 1.82) is 0 Å². The number of nitrogens with zero attached hydrogens (tertiary/aromatic N) is 2. The van der Waals surface area contributed by atoms with Crippen molar-refractivity contribution in [2.45, 2.75) is 39.4 Å². The highest BCUT2D eigenvalue weighted by Crippen LogP contribution is 2.15. The maximum atomic E-state index is 4.37. The molecule has 2 atom stereocenters. The van der Waals surface area contributed by atoms with Gasteiger partial charge in [0, 0.05) is 37.1 Å². The fourth-order valence-corrected chi connectivity index (χ4v) is 2.69. The average Bonchev–Trinajstić information content (AvgIpc) is 2.73. The largest absolute Gasteiger partial charge is 0.311 e. The molecule has 1 N–H and O–H groups in total. The molecule has 1 aliphatic rings. The van der Waals surface area contributed by atoms with Gasteiger partial charge in [-0.1, -0.05) is 13.8 Å². The molecule has 0 aliphatic carbocycles. The predicted molar refractivity (Wildman–Crippen MR) is 68.6 cm³/mol. The number of thiazole rings is 1. The highest BCUT2D eigenvalue weighted by Gasteiger charge is 2.26. The van der Waals surface area contributed by atoms with Gasteiger partial charge in [0.1, 0.15) is 0 Å². The van der Waals surface area contributed by atoms with Crippen molar-refractivity contribution in [3.63, 3.8) is 0 Å². The minimum Gasteiger partial charge on any atom is -0.311 e. The van der Waals surface area contributed by atoms with Gasteiger partial charge in [-0.3, -0.25) is 4.90 Å². The second-order valence-electron chi connectivity index (χ2n) is 5.02. The summed E-state index contributed by atoms with van der Waals surface area (Å²) in [4.78, 5) is 6.91. The van der Waals surface area contributed by atoms with Gasteiger partial charge in [0.25, 0.3) is 0 Å². The average molecular weight is 239 g/mol. The Balaban J connectivity index is 1.96. The zero-order valence-electron chi connectivity index (χ0n) is 10.3. The van der Waals surface area contributed by atoms with E-state index in [1.54, 1.807) is 11.3 Å². The van der Waals surface area contributed by atoms with Crippen LogP contribution in [0.3, 0.4) is 0 Å². The van der Waals surface area contributed by atoms with Crippen molar-refractivity contribution in [3.8, 4) is 0 Å². The molecular weight excluding hydrogens is 218 g/mol. The van der Waals surface area contributed by atoms with Gasteiger partial charge in [-0.15, -0.1) is 11.3 Å². The summed E-state index contributed by atoms with van der Waals surface area (Å²) in [6, 6.07) is 1.23. The van der Waals surface area contributed by atoms with Gasteiger partial charge < -0.3 is 5.32 Å². The van der Waals surface area contributed by atoms with Gasteiger partial charge in [0.05, 0.1) is 11.2 Å². The van der Waals surface area contributed by atoms with E-state index in [4.69, 9.17) is 0 Å². The Labute approximate surface area is 102 Å². The van der Waals surface area contributed by atoms with Crippen molar-refractivity contribution < 1.29 is 0 Å². The summed E-state index contributed by atoms with van der Waals surface area (Å²) in [5, 5.41) is 5.77. The van der Waals surface area contributed by atoms with Crippen LogP contribution in [0.25, 0.3) is 0 Å². The summed E-state index contributed by atoms with van der Waals surface area (Å²) < 4.78 is 0. The first kappa shape index (κ1) is 12.0. The number of nitrogens with one attached hydrogen (secondary N) is 1. The van der Waals surface area contributed by atoms with Crippen LogP contribution < -0.4 is 5.32 Å². The SMILES string of the molecule is CC(C)C1CN(Cc2cscn2)C(C)CN1. The number of hydrogen-bond donors (Lipinski definition) is 1. The van der Waals surface area contributed by atoms with E-state index in [-0.39, 0.29) is 0 Å². The predicted octanol–water partition coefficient (Wildman–Crippen LogP) is 1.96. The zero-order chi connectivity index (χ0) is 11.5. The fraction of sp³-hybridized carbons (Fsp3) is 0.750. The first-order valence-electron chi connectivity index (χ1n) is 6.01. The Morgan fingerprint density at radius 1 is 1.62 bits per heavy atom. The standard InChI is InChI=1S/C12H21N3S/c1-9(2)12-6-15(10(3)4-13-12)5-11-7-16-8-14-11/h7-10,12-13H,4-6H2,1-3H3. The van der Waals surface area contributed by atoms with Crippen molar-refractivity contribution in [1.82, 2.24) is 15.2 Å². The molecule has 2 heterocycles. The van der Waals surface area contributed by atoms with Crippen LogP contribution in [-0.4, -0.2) is 35.1 Å². The maximum Gasteiger partial charge on any atom is 0.0795 e.